The van der Waals surface area contributed by atoms with E-state index in [4.69, 9.17) is 59.0 Å². The second-order valence-electron chi connectivity index (χ2n) is 16.0. The Morgan fingerprint density at radius 3 is 1.93 bits per heavy atom. The fourth-order valence-electron chi connectivity index (χ4n) is 6.86. The first kappa shape index (κ1) is 52.9. The highest BCUT2D eigenvalue weighted by Gasteiger charge is 2.61. The van der Waals surface area contributed by atoms with Crippen LogP contribution in [-0.2, 0) is 9.53 Å². The van der Waals surface area contributed by atoms with Gasteiger partial charge in [0.1, 0.15) is 42.0 Å². The minimum Gasteiger partial charge on any atom is -0.489 e. The summed E-state index contributed by atoms with van der Waals surface area (Å²) in [6.45, 7) is 17.0. The maximum absolute atomic E-state index is 12.7. The highest BCUT2D eigenvalue weighted by molar-refractivity contribution is 6.40. The molecule has 0 saturated heterocycles. The molecule has 0 N–H and O–H groups in total. The second kappa shape index (κ2) is 26.4. The topological polar surface area (TPSA) is 140 Å². The van der Waals surface area contributed by atoms with E-state index in [0.29, 0.717) is 51.0 Å². The predicted octanol–water partition coefficient (Wildman–Crippen LogP) is 14.4. The van der Waals surface area contributed by atoms with Crippen molar-refractivity contribution in [2.45, 2.75) is 54.1 Å². The zero-order valence-corrected chi connectivity index (χ0v) is 40.6. The third-order valence-corrected chi connectivity index (χ3v) is 11.0. The molecule has 0 aliphatic heterocycles. The molecule has 3 atom stereocenters. The number of nitriles is 2. The maximum atomic E-state index is 12.7. The van der Waals surface area contributed by atoms with Crippen molar-refractivity contribution in [3.63, 3.8) is 0 Å². The van der Waals surface area contributed by atoms with Gasteiger partial charge in [-0.2, -0.15) is 5.26 Å². The van der Waals surface area contributed by atoms with Crippen LogP contribution in [0.3, 0.4) is 0 Å². The lowest BCUT2D eigenvalue weighted by atomic mass is 10.1. The SMILES string of the molecule is C#N.CC(C)=CC1C(C(=O)OC(C#N)c2cccc(Oc3ccccc3)c2)C1(C)C.CCCN(CCOc1c(Cl)cc(Cl)cc1Cl)C(=O)n1ccnc1.Cc1cccc(Oc2ccccc2)c1. The van der Waals surface area contributed by atoms with Gasteiger partial charge in [-0.05, 0) is 105 Å². The molecular weight excluding hydrogens is 909 g/mol. The van der Waals surface area contributed by atoms with Crippen molar-refractivity contribution in [3.05, 3.63) is 178 Å². The lowest BCUT2D eigenvalue weighted by Crippen LogP contribution is -2.37. The van der Waals surface area contributed by atoms with E-state index in [0.717, 1.165) is 17.9 Å². The predicted molar refractivity (Wildman–Crippen MR) is 264 cm³/mol. The number of imidazole rings is 1. The molecule has 11 nitrogen and oxygen atoms in total. The number of nitrogens with zero attached hydrogens (tertiary/aromatic N) is 5. The molecule has 5 aromatic carbocycles. The summed E-state index contributed by atoms with van der Waals surface area (Å²) in [5, 5.41) is 17.2. The number of carbonyl (C=O) groups is 2. The van der Waals surface area contributed by atoms with Gasteiger partial charge in [-0.25, -0.2) is 15.0 Å². The fourth-order valence-corrected chi connectivity index (χ4v) is 7.79. The van der Waals surface area contributed by atoms with Gasteiger partial charge in [-0.3, -0.25) is 9.36 Å². The molecule has 1 aliphatic rings. The standard InChI is InChI=1S/C24H25NO3.C15H16Cl3N3O2.C13H12O.CHN/c1-16(2)13-20-22(24(20,3)4)23(26)28-21(15-25)17-9-8-12-19(14-17)27-18-10-6-5-7-11-18;1-2-4-20(15(22)21-5-3-19-10-21)6-7-23-14-12(17)8-11(16)9-13(14)18;1-11-6-5-9-13(10-11)14-12-7-3-2-4-8-12;1-2/h5-14,20-22H,1-4H3;3,5,8-10H,2,4,6-7H2,1H3;2-10H,1H3;1H. The van der Waals surface area contributed by atoms with Crippen molar-refractivity contribution >= 4 is 46.8 Å². The molecule has 0 radical (unpaired) electrons. The number of carbonyl (C=O) groups excluding carboxylic acids is 2. The molecule has 1 aliphatic carbocycles. The number of hydrogen-bond donors (Lipinski definition) is 0. The van der Waals surface area contributed by atoms with Crippen LogP contribution in [0, 0.1) is 47.3 Å². The van der Waals surface area contributed by atoms with Crippen LogP contribution in [0.2, 0.25) is 15.1 Å². The quantitative estimate of drug-likeness (QED) is 0.0771. The highest BCUT2D eigenvalue weighted by Crippen LogP contribution is 2.60. The largest absolute Gasteiger partial charge is 0.489 e. The van der Waals surface area contributed by atoms with Gasteiger partial charge in [0.05, 0.1) is 22.5 Å². The average molecular weight is 963 g/mol. The summed E-state index contributed by atoms with van der Waals surface area (Å²) in [7, 11) is 0. The van der Waals surface area contributed by atoms with Crippen LogP contribution in [-0.4, -0.2) is 46.1 Å². The lowest BCUT2D eigenvalue weighted by Gasteiger charge is -2.22. The van der Waals surface area contributed by atoms with Crippen molar-refractivity contribution < 1.29 is 28.5 Å². The molecule has 348 valence electrons. The molecule has 1 amide bonds. The van der Waals surface area contributed by atoms with Crippen molar-refractivity contribution in [2.24, 2.45) is 17.3 Å². The first-order chi connectivity index (χ1) is 32.2. The Labute approximate surface area is 408 Å². The molecule has 7 rings (SSSR count). The Hall–Kier alpha value is -6.76. The Kier molecular flexibility index (Phi) is 20.8. The van der Waals surface area contributed by atoms with E-state index in [1.54, 1.807) is 47.6 Å². The van der Waals surface area contributed by atoms with Gasteiger partial charge in [-0.15, -0.1) is 0 Å². The van der Waals surface area contributed by atoms with Crippen LogP contribution in [0.4, 0.5) is 4.79 Å². The number of amides is 1. The molecule has 0 spiro atoms. The van der Waals surface area contributed by atoms with Crippen molar-refractivity contribution in [2.75, 3.05) is 19.7 Å². The first-order valence-electron chi connectivity index (χ1n) is 21.4. The molecular formula is C53H54Cl3N5O6. The van der Waals surface area contributed by atoms with E-state index < -0.39 is 6.10 Å². The third kappa shape index (κ3) is 16.3. The Morgan fingerprint density at radius 2 is 1.40 bits per heavy atom. The number of rotatable bonds is 14. The van der Waals surface area contributed by atoms with E-state index in [-0.39, 0.29) is 35.9 Å². The number of halogens is 3. The number of para-hydroxylation sites is 2. The van der Waals surface area contributed by atoms with Crippen LogP contribution >= 0.6 is 34.8 Å². The van der Waals surface area contributed by atoms with Crippen LogP contribution in [0.25, 0.3) is 0 Å². The van der Waals surface area contributed by atoms with Crippen LogP contribution in [0.1, 0.15) is 58.3 Å². The molecule has 1 heterocycles. The summed E-state index contributed by atoms with van der Waals surface area (Å²) in [5.41, 5.74) is 2.84. The van der Waals surface area contributed by atoms with Gasteiger partial charge in [0.15, 0.2) is 5.75 Å². The van der Waals surface area contributed by atoms with E-state index in [9.17, 15) is 14.9 Å². The summed E-state index contributed by atoms with van der Waals surface area (Å²) in [4.78, 5) is 30.6. The molecule has 6 aromatic rings. The Morgan fingerprint density at radius 1 is 0.836 bits per heavy atom. The van der Waals surface area contributed by atoms with Gasteiger partial charge < -0.3 is 23.8 Å². The number of esters is 1. The monoisotopic (exact) mass is 961 g/mol. The summed E-state index contributed by atoms with van der Waals surface area (Å²) < 4.78 is 24.1. The number of aromatic nitrogens is 2. The van der Waals surface area contributed by atoms with E-state index in [1.165, 1.54) is 22.0 Å². The van der Waals surface area contributed by atoms with Gasteiger partial charge in [0, 0.05) is 36.1 Å². The maximum Gasteiger partial charge on any atom is 0.329 e. The van der Waals surface area contributed by atoms with Crippen LogP contribution in [0.15, 0.2) is 152 Å². The number of hydrogen-bond acceptors (Lipinski definition) is 9. The highest BCUT2D eigenvalue weighted by atomic mass is 35.5. The minimum atomic E-state index is -0.962. The summed E-state index contributed by atoms with van der Waals surface area (Å²) >= 11 is 18.0. The smallest absolute Gasteiger partial charge is 0.329 e. The zero-order valence-electron chi connectivity index (χ0n) is 38.3. The Bertz CT molecular complexity index is 2570. The zero-order chi connectivity index (χ0) is 48.9. The molecule has 14 heteroatoms. The minimum absolute atomic E-state index is 0.146. The first-order valence-corrected chi connectivity index (χ1v) is 22.5. The van der Waals surface area contributed by atoms with E-state index in [2.05, 4.69) is 50.5 Å². The molecule has 0 bridgehead atoms. The van der Waals surface area contributed by atoms with Gasteiger partial charge in [-0.1, -0.05) is 128 Å². The number of allylic oxidation sites excluding steroid dienone is 2. The van der Waals surface area contributed by atoms with E-state index in [1.807, 2.05) is 106 Å². The molecule has 3 unspecified atom stereocenters. The fraction of sp³-hybridized carbons (Fsp3) is 0.264. The normalized spacial score (nSPS) is 14.2. The molecule has 67 heavy (non-hydrogen) atoms. The van der Waals surface area contributed by atoms with Crippen molar-refractivity contribution in [1.82, 2.24) is 14.5 Å². The van der Waals surface area contributed by atoms with Crippen LogP contribution < -0.4 is 14.2 Å². The number of ether oxygens (including phenoxy) is 4. The van der Waals surface area contributed by atoms with Gasteiger partial charge in [0.25, 0.3) is 0 Å². The lowest BCUT2D eigenvalue weighted by molar-refractivity contribution is -0.149. The third-order valence-electron chi connectivity index (χ3n) is 10.2. The van der Waals surface area contributed by atoms with Crippen molar-refractivity contribution in [3.8, 4) is 41.4 Å². The van der Waals surface area contributed by atoms with Gasteiger partial charge in [0.2, 0.25) is 6.10 Å². The number of aryl methyl sites for hydroxylation is 1. The average Bonchev–Trinajstić information content (AvgIpc) is 3.57. The van der Waals surface area contributed by atoms with Crippen LogP contribution in [0.5, 0.6) is 28.7 Å². The number of benzene rings is 5. The summed E-state index contributed by atoms with van der Waals surface area (Å²) in [5.74, 6) is 3.02. The summed E-state index contributed by atoms with van der Waals surface area (Å²) in [6.07, 6.45) is 6.63. The molecule has 1 saturated carbocycles. The second-order valence-corrected chi connectivity index (χ2v) is 17.3. The molecule has 1 fully saturated rings. The van der Waals surface area contributed by atoms with E-state index >= 15 is 0 Å². The Balaban J connectivity index is 0.000000226. The van der Waals surface area contributed by atoms with Crippen molar-refractivity contribution in [1.29, 1.82) is 10.5 Å². The van der Waals surface area contributed by atoms with Gasteiger partial charge >= 0.3 is 12.0 Å². The summed E-state index contributed by atoms with van der Waals surface area (Å²) in [6, 6.07) is 39.4. The molecule has 1 aromatic heterocycles.